The minimum Gasteiger partial charge on any atom is -0.486 e. The van der Waals surface area contributed by atoms with Crippen molar-refractivity contribution in [2.75, 3.05) is 24.7 Å². The van der Waals surface area contributed by atoms with Crippen molar-refractivity contribution in [3.8, 4) is 11.5 Å². The van der Waals surface area contributed by atoms with E-state index in [1.54, 1.807) is 19.1 Å². The Bertz CT molecular complexity index is 1020. The second kappa shape index (κ2) is 9.42. The number of isocyanates is 1. The fourth-order valence-electron chi connectivity index (χ4n) is 4.21. The Labute approximate surface area is 186 Å². The first-order valence-corrected chi connectivity index (χ1v) is 10.8. The topological polar surface area (TPSA) is 86.7 Å². The van der Waals surface area contributed by atoms with E-state index in [4.69, 9.17) is 18.9 Å². The van der Waals surface area contributed by atoms with E-state index in [-0.39, 0.29) is 13.0 Å². The molecule has 0 spiro atoms. The molecule has 2 aromatic carbocycles. The Morgan fingerprint density at radius 3 is 2.56 bits per heavy atom. The number of ether oxygens (including phenoxy) is 4. The summed E-state index contributed by atoms with van der Waals surface area (Å²) >= 11 is 0. The van der Waals surface area contributed by atoms with Gasteiger partial charge in [-0.05, 0) is 25.0 Å². The number of anilines is 1. The van der Waals surface area contributed by atoms with Crippen LogP contribution in [0.25, 0.3) is 0 Å². The van der Waals surface area contributed by atoms with Crippen LogP contribution in [0.5, 0.6) is 11.5 Å². The summed E-state index contributed by atoms with van der Waals surface area (Å²) < 4.78 is 23.2. The van der Waals surface area contributed by atoms with Gasteiger partial charge in [0.15, 0.2) is 17.2 Å². The molecule has 1 amide bonds. The highest BCUT2D eigenvalue weighted by atomic mass is 16.6. The third-order valence-electron chi connectivity index (χ3n) is 5.77. The van der Waals surface area contributed by atoms with Gasteiger partial charge in [-0.1, -0.05) is 37.3 Å². The number of aliphatic imine (C=N–C) groups is 1. The smallest absolute Gasteiger partial charge is 0.416 e. The lowest BCUT2D eigenvalue weighted by molar-refractivity contribution is 0.0115. The van der Waals surface area contributed by atoms with E-state index >= 15 is 0 Å². The Morgan fingerprint density at radius 2 is 1.91 bits per heavy atom. The maximum atomic E-state index is 13.1. The number of nitrogens with zero attached hydrogens (tertiary/aromatic N) is 2. The minimum atomic E-state index is -1.19. The van der Waals surface area contributed by atoms with Crippen molar-refractivity contribution in [3.63, 3.8) is 0 Å². The van der Waals surface area contributed by atoms with E-state index in [0.717, 1.165) is 11.1 Å². The van der Waals surface area contributed by atoms with Gasteiger partial charge in [0.25, 0.3) is 0 Å². The van der Waals surface area contributed by atoms with Gasteiger partial charge in [-0.3, -0.25) is 4.90 Å². The number of carbonyl (C=O) groups excluding carboxylic acids is 2. The summed E-state index contributed by atoms with van der Waals surface area (Å²) in [5.74, 6) is 1.11. The molecule has 2 aliphatic rings. The lowest BCUT2D eigenvalue weighted by Crippen LogP contribution is -2.54. The van der Waals surface area contributed by atoms with Gasteiger partial charge in [0.1, 0.15) is 13.2 Å². The molecule has 4 rings (SSSR count). The summed E-state index contributed by atoms with van der Waals surface area (Å²) in [4.78, 5) is 30.0. The third kappa shape index (κ3) is 4.07. The van der Waals surface area contributed by atoms with E-state index < -0.39 is 17.9 Å². The molecule has 32 heavy (non-hydrogen) atoms. The normalized spacial score (nSPS) is 21.3. The number of fused-ring (bicyclic) bond motifs is 2. The molecule has 0 radical (unpaired) electrons. The van der Waals surface area contributed by atoms with Crippen molar-refractivity contribution >= 4 is 17.9 Å². The minimum absolute atomic E-state index is 0.188. The number of rotatable bonds is 6. The molecule has 2 aliphatic heterocycles. The quantitative estimate of drug-likeness (QED) is 0.487. The number of hydrogen-bond donors (Lipinski definition) is 0. The second-order valence-electron chi connectivity index (χ2n) is 7.62. The number of carbonyl (C=O) groups is 1. The molecular weight excluding hydrogens is 412 g/mol. The van der Waals surface area contributed by atoms with Gasteiger partial charge in [-0.15, -0.1) is 0 Å². The van der Waals surface area contributed by atoms with Crippen LogP contribution in [0.3, 0.4) is 0 Å². The van der Waals surface area contributed by atoms with E-state index in [9.17, 15) is 9.59 Å². The number of amides is 1. The highest BCUT2D eigenvalue weighted by Crippen LogP contribution is 2.50. The van der Waals surface area contributed by atoms with Crippen molar-refractivity contribution in [3.05, 3.63) is 53.6 Å². The van der Waals surface area contributed by atoms with Crippen LogP contribution in [0.1, 0.15) is 43.9 Å². The summed E-state index contributed by atoms with van der Waals surface area (Å²) in [6.07, 6.45) is 1.28. The van der Waals surface area contributed by atoms with Gasteiger partial charge in [0, 0.05) is 18.1 Å². The van der Waals surface area contributed by atoms with Crippen LogP contribution in [0.4, 0.5) is 10.5 Å². The number of benzene rings is 2. The van der Waals surface area contributed by atoms with E-state index in [0.29, 0.717) is 43.4 Å². The van der Waals surface area contributed by atoms with Gasteiger partial charge in [0.05, 0.1) is 25.0 Å². The van der Waals surface area contributed by atoms with E-state index in [1.165, 1.54) is 4.90 Å². The summed E-state index contributed by atoms with van der Waals surface area (Å²) in [6.45, 7) is 5.00. The predicted molar refractivity (Wildman–Crippen MR) is 117 cm³/mol. The molecule has 8 nitrogen and oxygen atoms in total. The van der Waals surface area contributed by atoms with Crippen LogP contribution in [0.2, 0.25) is 0 Å². The molecule has 2 atom stereocenters. The standard InChI is InChI=1S/C24H26N2O6/c1-3-24(25-16-27)14-22(32-15-17-8-6-5-7-9-17)18-12-20-21(31-11-10-30-20)13-19(18)26(24)23(28)29-4-2/h5-9,12-13,22H,3-4,10-11,14-15H2,1-2H3/t22-,24+/m0/s1. The first kappa shape index (κ1) is 21.9. The van der Waals surface area contributed by atoms with Crippen molar-refractivity contribution < 1.29 is 28.5 Å². The fraction of sp³-hybridized carbons (Fsp3) is 0.417. The Morgan fingerprint density at radius 1 is 1.19 bits per heavy atom. The molecule has 2 aromatic rings. The van der Waals surface area contributed by atoms with Gasteiger partial charge < -0.3 is 18.9 Å². The lowest BCUT2D eigenvalue weighted by Gasteiger charge is -2.46. The SMILES string of the molecule is CCOC(=O)N1c2cc3c(cc2[C@@H](OCc2ccccc2)C[C@]1(CC)N=C=O)OCCO3. The third-order valence-corrected chi connectivity index (χ3v) is 5.77. The molecule has 2 heterocycles. The monoisotopic (exact) mass is 438 g/mol. The van der Waals surface area contributed by atoms with Crippen LogP contribution < -0.4 is 14.4 Å². The zero-order valence-corrected chi connectivity index (χ0v) is 18.2. The van der Waals surface area contributed by atoms with Crippen molar-refractivity contribution in [1.82, 2.24) is 0 Å². The zero-order valence-electron chi connectivity index (χ0n) is 18.2. The van der Waals surface area contributed by atoms with Gasteiger partial charge >= 0.3 is 6.09 Å². The maximum Gasteiger partial charge on any atom is 0.416 e. The average molecular weight is 438 g/mol. The molecule has 0 fully saturated rings. The fourth-order valence-corrected chi connectivity index (χ4v) is 4.21. The molecule has 168 valence electrons. The van der Waals surface area contributed by atoms with Crippen molar-refractivity contribution in [1.29, 1.82) is 0 Å². The molecule has 0 bridgehead atoms. The van der Waals surface area contributed by atoms with Gasteiger partial charge in [-0.25, -0.2) is 9.59 Å². The van der Waals surface area contributed by atoms with Gasteiger partial charge in [-0.2, -0.15) is 4.99 Å². The van der Waals surface area contributed by atoms with Crippen molar-refractivity contribution in [2.24, 2.45) is 4.99 Å². The summed E-state index contributed by atoms with van der Waals surface area (Å²) in [7, 11) is 0. The van der Waals surface area contributed by atoms with Crippen LogP contribution in [0, 0.1) is 0 Å². The average Bonchev–Trinajstić information content (AvgIpc) is 2.82. The largest absolute Gasteiger partial charge is 0.486 e. The number of hydrogen-bond acceptors (Lipinski definition) is 7. The summed E-state index contributed by atoms with van der Waals surface area (Å²) in [5, 5.41) is 0. The van der Waals surface area contributed by atoms with Crippen LogP contribution >= 0.6 is 0 Å². The highest BCUT2D eigenvalue weighted by molar-refractivity contribution is 5.92. The second-order valence-corrected chi connectivity index (χ2v) is 7.62. The Kier molecular flexibility index (Phi) is 6.44. The van der Waals surface area contributed by atoms with Crippen LogP contribution in [0.15, 0.2) is 47.5 Å². The first-order chi connectivity index (χ1) is 15.6. The molecule has 0 unspecified atom stereocenters. The van der Waals surface area contributed by atoms with E-state index in [1.807, 2.05) is 43.3 Å². The lowest BCUT2D eigenvalue weighted by atomic mass is 9.86. The summed E-state index contributed by atoms with van der Waals surface area (Å²) in [5.41, 5.74) is 1.10. The molecule has 0 aromatic heterocycles. The van der Waals surface area contributed by atoms with E-state index in [2.05, 4.69) is 4.99 Å². The van der Waals surface area contributed by atoms with Crippen LogP contribution in [-0.4, -0.2) is 37.7 Å². The molecule has 0 saturated carbocycles. The van der Waals surface area contributed by atoms with Crippen molar-refractivity contribution in [2.45, 2.75) is 45.1 Å². The zero-order chi connectivity index (χ0) is 22.6. The molecule has 0 aliphatic carbocycles. The summed E-state index contributed by atoms with van der Waals surface area (Å²) in [6, 6.07) is 13.4. The molecule has 8 heteroatoms. The molecule has 0 N–H and O–H groups in total. The Balaban J connectivity index is 1.82. The molecular formula is C24H26N2O6. The van der Waals surface area contributed by atoms with Gasteiger partial charge in [0.2, 0.25) is 6.08 Å². The van der Waals surface area contributed by atoms with Crippen LogP contribution in [-0.2, 0) is 20.9 Å². The maximum absolute atomic E-state index is 13.1. The highest BCUT2D eigenvalue weighted by Gasteiger charge is 2.49. The molecule has 0 saturated heterocycles. The predicted octanol–water partition coefficient (Wildman–Crippen LogP) is 4.52. The first-order valence-electron chi connectivity index (χ1n) is 10.8. The Hall–Kier alpha value is -3.35.